The van der Waals surface area contributed by atoms with Crippen LogP contribution in [0.5, 0.6) is 0 Å². The van der Waals surface area contributed by atoms with Crippen LogP contribution in [0.2, 0.25) is 0 Å². The molecule has 7 nitrogen and oxygen atoms in total. The molecule has 0 radical (unpaired) electrons. The zero-order valence-corrected chi connectivity index (χ0v) is 13.7. The first-order chi connectivity index (χ1) is 9.96. The van der Waals surface area contributed by atoms with Crippen LogP contribution in [0.15, 0.2) is 17.3 Å². The SMILES string of the molecule is CCc1nc(NS(=O)(=O)c2cnn(CCCN)c2)sc1C. The van der Waals surface area contributed by atoms with Gasteiger partial charge in [-0.1, -0.05) is 6.92 Å². The second-order valence-electron chi connectivity index (χ2n) is 4.56. The predicted molar refractivity (Wildman–Crippen MR) is 82.9 cm³/mol. The molecule has 3 N–H and O–H groups in total. The number of anilines is 1. The van der Waals surface area contributed by atoms with Crippen molar-refractivity contribution in [1.82, 2.24) is 14.8 Å². The molecule has 0 aliphatic carbocycles. The number of aryl methyl sites for hydroxylation is 3. The lowest BCUT2D eigenvalue weighted by molar-refractivity contribution is 0.582. The Hall–Kier alpha value is -1.45. The van der Waals surface area contributed by atoms with E-state index in [2.05, 4.69) is 14.8 Å². The third-order valence-electron chi connectivity index (χ3n) is 2.96. The summed E-state index contributed by atoms with van der Waals surface area (Å²) < 4.78 is 28.6. The summed E-state index contributed by atoms with van der Waals surface area (Å²) in [6.45, 7) is 5.06. The Morgan fingerprint density at radius 1 is 1.48 bits per heavy atom. The van der Waals surface area contributed by atoms with Gasteiger partial charge in [0.2, 0.25) is 0 Å². The molecule has 0 saturated heterocycles. The standard InChI is InChI=1S/C12H19N5O2S2/c1-3-11-9(2)20-12(15-11)16-21(18,19)10-7-14-17(8-10)6-4-5-13/h7-8H,3-6,13H2,1-2H3,(H,15,16). The Kier molecular flexibility index (Phi) is 4.96. The molecule has 0 spiro atoms. The highest BCUT2D eigenvalue weighted by Crippen LogP contribution is 2.24. The number of hydrogen-bond donors (Lipinski definition) is 2. The molecule has 0 aliphatic heterocycles. The minimum atomic E-state index is -3.65. The molecule has 0 unspecified atom stereocenters. The maximum atomic E-state index is 12.3. The molecular weight excluding hydrogens is 310 g/mol. The molecule has 0 atom stereocenters. The molecule has 21 heavy (non-hydrogen) atoms. The van der Waals surface area contributed by atoms with Gasteiger partial charge < -0.3 is 5.73 Å². The van der Waals surface area contributed by atoms with E-state index in [1.807, 2.05) is 13.8 Å². The van der Waals surface area contributed by atoms with E-state index >= 15 is 0 Å². The van der Waals surface area contributed by atoms with Gasteiger partial charge in [0, 0.05) is 17.6 Å². The van der Waals surface area contributed by atoms with Gasteiger partial charge in [-0.3, -0.25) is 9.40 Å². The molecule has 0 amide bonds. The highest BCUT2D eigenvalue weighted by atomic mass is 32.2. The zero-order valence-electron chi connectivity index (χ0n) is 12.0. The molecule has 2 heterocycles. The molecule has 0 saturated carbocycles. The molecule has 2 rings (SSSR count). The minimum absolute atomic E-state index is 0.130. The molecule has 116 valence electrons. The van der Waals surface area contributed by atoms with E-state index in [1.165, 1.54) is 23.7 Å². The summed E-state index contributed by atoms with van der Waals surface area (Å²) in [5.74, 6) is 0. The highest BCUT2D eigenvalue weighted by Gasteiger charge is 2.19. The smallest absolute Gasteiger partial charge is 0.266 e. The molecule has 0 fully saturated rings. The van der Waals surface area contributed by atoms with Crippen molar-refractivity contribution in [2.24, 2.45) is 5.73 Å². The largest absolute Gasteiger partial charge is 0.330 e. The number of sulfonamides is 1. The first-order valence-corrected chi connectivity index (χ1v) is 8.98. The van der Waals surface area contributed by atoms with E-state index in [0.717, 1.165) is 23.4 Å². The number of nitrogens with zero attached hydrogens (tertiary/aromatic N) is 3. The zero-order chi connectivity index (χ0) is 15.5. The monoisotopic (exact) mass is 329 g/mol. The van der Waals surface area contributed by atoms with Crippen LogP contribution in [0.1, 0.15) is 23.9 Å². The van der Waals surface area contributed by atoms with Gasteiger partial charge in [0.15, 0.2) is 5.13 Å². The van der Waals surface area contributed by atoms with E-state index in [4.69, 9.17) is 5.73 Å². The number of thiazole rings is 1. The van der Waals surface area contributed by atoms with Crippen molar-refractivity contribution in [3.63, 3.8) is 0 Å². The second-order valence-corrected chi connectivity index (χ2v) is 7.45. The van der Waals surface area contributed by atoms with E-state index in [9.17, 15) is 8.42 Å². The fourth-order valence-electron chi connectivity index (χ4n) is 1.83. The molecule has 0 aromatic carbocycles. The van der Waals surface area contributed by atoms with Crippen LogP contribution < -0.4 is 10.5 Å². The van der Waals surface area contributed by atoms with Crippen molar-refractivity contribution >= 4 is 26.5 Å². The normalized spacial score (nSPS) is 11.8. The summed E-state index contributed by atoms with van der Waals surface area (Å²) in [4.78, 5) is 5.43. The van der Waals surface area contributed by atoms with Gasteiger partial charge in [-0.05, 0) is 26.3 Å². The maximum absolute atomic E-state index is 12.3. The Balaban J connectivity index is 2.15. The van der Waals surface area contributed by atoms with Gasteiger partial charge in [-0.15, -0.1) is 11.3 Å². The van der Waals surface area contributed by atoms with Crippen molar-refractivity contribution in [2.45, 2.75) is 38.1 Å². The first kappa shape index (κ1) is 15.9. The van der Waals surface area contributed by atoms with Crippen LogP contribution in [0.3, 0.4) is 0 Å². The summed E-state index contributed by atoms with van der Waals surface area (Å²) in [5, 5.41) is 4.41. The van der Waals surface area contributed by atoms with E-state index in [1.54, 1.807) is 4.68 Å². The van der Waals surface area contributed by atoms with Crippen LogP contribution in [0.25, 0.3) is 0 Å². The van der Waals surface area contributed by atoms with Gasteiger partial charge in [-0.25, -0.2) is 13.4 Å². The summed E-state index contributed by atoms with van der Waals surface area (Å²) in [6.07, 6.45) is 4.36. The quantitative estimate of drug-likeness (QED) is 0.798. The molecule has 0 aliphatic rings. The molecule has 2 aromatic rings. The summed E-state index contributed by atoms with van der Waals surface area (Å²) in [6, 6.07) is 0. The lowest BCUT2D eigenvalue weighted by atomic mass is 10.3. The van der Waals surface area contributed by atoms with Gasteiger partial charge in [-0.2, -0.15) is 5.10 Å². The lowest BCUT2D eigenvalue weighted by Gasteiger charge is -2.02. The third-order valence-corrected chi connectivity index (χ3v) is 5.31. The van der Waals surface area contributed by atoms with Crippen LogP contribution >= 0.6 is 11.3 Å². The fraction of sp³-hybridized carbons (Fsp3) is 0.500. The Labute approximate surface area is 128 Å². The number of rotatable bonds is 7. The Morgan fingerprint density at radius 3 is 2.86 bits per heavy atom. The number of aromatic nitrogens is 3. The number of hydrogen-bond acceptors (Lipinski definition) is 6. The molecule has 2 aromatic heterocycles. The summed E-state index contributed by atoms with van der Waals surface area (Å²) >= 11 is 1.34. The van der Waals surface area contributed by atoms with Crippen LogP contribution in [0.4, 0.5) is 5.13 Å². The van der Waals surface area contributed by atoms with Crippen LogP contribution in [0, 0.1) is 6.92 Å². The van der Waals surface area contributed by atoms with Crippen LogP contribution in [-0.4, -0.2) is 29.7 Å². The van der Waals surface area contributed by atoms with Crippen molar-refractivity contribution < 1.29 is 8.42 Å². The third kappa shape index (κ3) is 3.80. The van der Waals surface area contributed by atoms with Crippen molar-refractivity contribution in [3.8, 4) is 0 Å². The van der Waals surface area contributed by atoms with Gasteiger partial charge in [0.05, 0.1) is 11.9 Å². The van der Waals surface area contributed by atoms with Crippen molar-refractivity contribution in [1.29, 1.82) is 0 Å². The van der Waals surface area contributed by atoms with Gasteiger partial charge in [0.1, 0.15) is 4.90 Å². The predicted octanol–water partition coefficient (Wildman–Crippen LogP) is 1.36. The van der Waals surface area contributed by atoms with E-state index < -0.39 is 10.0 Å². The summed E-state index contributed by atoms with van der Waals surface area (Å²) in [5.41, 5.74) is 6.34. The topological polar surface area (TPSA) is 103 Å². The molecular formula is C12H19N5O2S2. The number of nitrogens with two attached hydrogens (primary N) is 1. The first-order valence-electron chi connectivity index (χ1n) is 6.68. The second kappa shape index (κ2) is 6.54. The summed E-state index contributed by atoms with van der Waals surface area (Å²) in [7, 11) is -3.65. The Bertz CT molecular complexity index is 705. The average molecular weight is 329 g/mol. The molecule has 0 bridgehead atoms. The maximum Gasteiger partial charge on any atom is 0.266 e. The average Bonchev–Trinajstić information content (AvgIpc) is 3.03. The van der Waals surface area contributed by atoms with Gasteiger partial charge >= 0.3 is 0 Å². The van der Waals surface area contributed by atoms with E-state index in [0.29, 0.717) is 18.2 Å². The van der Waals surface area contributed by atoms with Crippen LogP contribution in [-0.2, 0) is 23.0 Å². The van der Waals surface area contributed by atoms with E-state index in [-0.39, 0.29) is 4.90 Å². The van der Waals surface area contributed by atoms with Crippen molar-refractivity contribution in [3.05, 3.63) is 23.0 Å². The fourth-order valence-corrected chi connectivity index (χ4v) is 3.92. The van der Waals surface area contributed by atoms with Crippen molar-refractivity contribution in [2.75, 3.05) is 11.3 Å². The highest BCUT2D eigenvalue weighted by molar-refractivity contribution is 7.93. The number of nitrogens with one attached hydrogen (secondary N) is 1. The minimum Gasteiger partial charge on any atom is -0.330 e. The molecule has 9 heteroatoms. The van der Waals surface area contributed by atoms with Gasteiger partial charge in [0.25, 0.3) is 10.0 Å². The Morgan fingerprint density at radius 2 is 2.24 bits per heavy atom. The lowest BCUT2D eigenvalue weighted by Crippen LogP contribution is -2.12.